The molecule has 1 aliphatic heterocycles. The van der Waals surface area contributed by atoms with Crippen molar-refractivity contribution in [2.24, 2.45) is 0 Å². The maximum atomic E-state index is 13.3. The summed E-state index contributed by atoms with van der Waals surface area (Å²) in [4.78, 5) is 25.7. The molecule has 120 valence electrons. The van der Waals surface area contributed by atoms with Gasteiger partial charge in [-0.05, 0) is 17.7 Å². The van der Waals surface area contributed by atoms with Gasteiger partial charge in [-0.1, -0.05) is 36.4 Å². The van der Waals surface area contributed by atoms with Crippen LogP contribution in [0.25, 0.3) is 0 Å². The number of nitrogens with zero attached hydrogens (tertiary/aromatic N) is 1. The molecule has 2 aromatic rings. The Hall–Kier alpha value is -3.52. The minimum atomic E-state index is -0.765. The standard InChI is InChI=1S/C20H10FNO3/c21-13-7-5-11(6-8-13)16-12(9-22)10-25-20-17(16)18(23)14-3-1-2-4-15(14)19(20)24/h1-8,10,16H. The number of hydrogen-bond donors (Lipinski definition) is 0. The summed E-state index contributed by atoms with van der Waals surface area (Å²) < 4.78 is 18.6. The largest absolute Gasteiger partial charge is 0.459 e. The Morgan fingerprint density at radius 2 is 1.60 bits per heavy atom. The molecule has 0 saturated heterocycles. The average Bonchev–Trinajstić information content (AvgIpc) is 2.65. The lowest BCUT2D eigenvalue weighted by Crippen LogP contribution is -2.29. The van der Waals surface area contributed by atoms with E-state index in [0.29, 0.717) is 5.56 Å². The molecule has 4 nitrogen and oxygen atoms in total. The van der Waals surface area contributed by atoms with Crippen LogP contribution in [0.1, 0.15) is 32.2 Å². The molecule has 5 heteroatoms. The minimum Gasteiger partial charge on any atom is -0.459 e. The molecule has 0 aromatic heterocycles. The summed E-state index contributed by atoms with van der Waals surface area (Å²) >= 11 is 0. The molecular formula is C20H10FNO3. The van der Waals surface area contributed by atoms with Gasteiger partial charge in [-0.15, -0.1) is 0 Å². The van der Waals surface area contributed by atoms with Gasteiger partial charge in [-0.2, -0.15) is 5.26 Å². The molecule has 1 atom stereocenters. The highest BCUT2D eigenvalue weighted by atomic mass is 19.1. The van der Waals surface area contributed by atoms with Crippen molar-refractivity contribution >= 4 is 11.6 Å². The second-order valence-electron chi connectivity index (χ2n) is 5.73. The molecule has 0 amide bonds. The average molecular weight is 331 g/mol. The molecule has 0 radical (unpaired) electrons. The van der Waals surface area contributed by atoms with E-state index in [0.717, 1.165) is 0 Å². The van der Waals surface area contributed by atoms with Crippen molar-refractivity contribution in [3.63, 3.8) is 0 Å². The van der Waals surface area contributed by atoms with Gasteiger partial charge in [0, 0.05) is 11.1 Å². The highest BCUT2D eigenvalue weighted by Crippen LogP contribution is 2.42. The Morgan fingerprint density at radius 3 is 2.24 bits per heavy atom. The van der Waals surface area contributed by atoms with Crippen molar-refractivity contribution in [1.82, 2.24) is 0 Å². The van der Waals surface area contributed by atoms with Crippen molar-refractivity contribution < 1.29 is 18.7 Å². The van der Waals surface area contributed by atoms with Crippen molar-refractivity contribution in [3.8, 4) is 6.07 Å². The third-order valence-electron chi connectivity index (χ3n) is 4.35. The molecule has 0 N–H and O–H groups in total. The van der Waals surface area contributed by atoms with Gasteiger partial charge < -0.3 is 4.74 Å². The number of Topliss-reactive ketones (excluding diaryl/α,β-unsaturated/α-hetero) is 2. The number of ether oxygens (including phenoxy) is 1. The Balaban J connectivity index is 1.93. The van der Waals surface area contributed by atoms with Crippen LogP contribution in [-0.4, -0.2) is 11.6 Å². The molecule has 1 aliphatic carbocycles. The second-order valence-corrected chi connectivity index (χ2v) is 5.73. The highest BCUT2D eigenvalue weighted by molar-refractivity contribution is 6.27. The van der Waals surface area contributed by atoms with Crippen molar-refractivity contribution in [3.05, 3.63) is 94.2 Å². The van der Waals surface area contributed by atoms with E-state index >= 15 is 0 Å². The molecule has 25 heavy (non-hydrogen) atoms. The Bertz CT molecular complexity index is 1030. The van der Waals surface area contributed by atoms with E-state index in [4.69, 9.17) is 4.74 Å². The van der Waals surface area contributed by atoms with Gasteiger partial charge in [0.2, 0.25) is 5.78 Å². The zero-order valence-corrected chi connectivity index (χ0v) is 12.8. The quantitative estimate of drug-likeness (QED) is 0.799. The molecule has 0 bridgehead atoms. The summed E-state index contributed by atoms with van der Waals surface area (Å²) in [5.41, 5.74) is 1.41. The number of ketones is 2. The first-order valence-corrected chi connectivity index (χ1v) is 7.56. The fourth-order valence-corrected chi connectivity index (χ4v) is 3.19. The van der Waals surface area contributed by atoms with E-state index in [-0.39, 0.29) is 33.8 Å². The van der Waals surface area contributed by atoms with E-state index in [1.54, 1.807) is 24.3 Å². The first-order valence-electron chi connectivity index (χ1n) is 7.56. The van der Waals surface area contributed by atoms with Crippen LogP contribution in [0.3, 0.4) is 0 Å². The summed E-state index contributed by atoms with van der Waals surface area (Å²) in [5.74, 6) is -2.02. The third kappa shape index (κ3) is 2.19. The fraction of sp³-hybridized carbons (Fsp3) is 0.0500. The van der Waals surface area contributed by atoms with Gasteiger partial charge in [0.1, 0.15) is 12.1 Å². The van der Waals surface area contributed by atoms with Gasteiger partial charge in [-0.3, -0.25) is 9.59 Å². The van der Waals surface area contributed by atoms with Gasteiger partial charge in [0.15, 0.2) is 11.5 Å². The Morgan fingerprint density at radius 1 is 0.960 bits per heavy atom. The monoisotopic (exact) mass is 331 g/mol. The van der Waals surface area contributed by atoms with Gasteiger partial charge in [-0.25, -0.2) is 4.39 Å². The molecule has 1 unspecified atom stereocenters. The number of benzene rings is 2. The van der Waals surface area contributed by atoms with Crippen LogP contribution in [0.5, 0.6) is 0 Å². The number of rotatable bonds is 1. The first-order chi connectivity index (χ1) is 12.1. The SMILES string of the molecule is N#CC1=COC2=C(C(=O)c3ccccc3C2=O)C1c1ccc(F)cc1. The number of allylic oxidation sites excluding steroid dienone is 3. The van der Waals surface area contributed by atoms with Gasteiger partial charge >= 0.3 is 0 Å². The Labute approximate surface area is 142 Å². The van der Waals surface area contributed by atoms with Crippen LogP contribution in [-0.2, 0) is 4.74 Å². The smallest absolute Gasteiger partial charge is 0.229 e. The van der Waals surface area contributed by atoms with Crippen LogP contribution in [0.2, 0.25) is 0 Å². The molecule has 0 fully saturated rings. The molecular weight excluding hydrogens is 321 g/mol. The lowest BCUT2D eigenvalue weighted by atomic mass is 9.76. The summed E-state index contributed by atoms with van der Waals surface area (Å²) in [6.07, 6.45) is 1.19. The normalized spacial score (nSPS) is 18.7. The van der Waals surface area contributed by atoms with Crippen molar-refractivity contribution in [2.75, 3.05) is 0 Å². The molecule has 2 aromatic carbocycles. The van der Waals surface area contributed by atoms with Gasteiger partial charge in [0.25, 0.3) is 0 Å². The van der Waals surface area contributed by atoms with Crippen LogP contribution in [0.4, 0.5) is 4.39 Å². The van der Waals surface area contributed by atoms with Crippen LogP contribution in [0, 0.1) is 17.1 Å². The number of nitriles is 1. The van der Waals surface area contributed by atoms with E-state index < -0.39 is 17.5 Å². The number of hydrogen-bond acceptors (Lipinski definition) is 4. The summed E-state index contributed by atoms with van der Waals surface area (Å²) in [6, 6.07) is 14.0. The maximum absolute atomic E-state index is 13.3. The van der Waals surface area contributed by atoms with E-state index in [1.807, 2.05) is 6.07 Å². The van der Waals surface area contributed by atoms with E-state index in [9.17, 15) is 19.2 Å². The van der Waals surface area contributed by atoms with Gasteiger partial charge in [0.05, 0.1) is 23.1 Å². The zero-order chi connectivity index (χ0) is 17.6. The predicted molar refractivity (Wildman–Crippen MR) is 86.1 cm³/mol. The topological polar surface area (TPSA) is 67.2 Å². The molecule has 0 saturated carbocycles. The molecule has 0 spiro atoms. The number of carbonyl (C=O) groups excluding carboxylic acids is 2. The predicted octanol–water partition coefficient (Wildman–Crippen LogP) is 3.68. The highest BCUT2D eigenvalue weighted by Gasteiger charge is 2.41. The lowest BCUT2D eigenvalue weighted by molar-refractivity contribution is 0.0911. The van der Waals surface area contributed by atoms with Crippen molar-refractivity contribution in [1.29, 1.82) is 5.26 Å². The van der Waals surface area contributed by atoms with E-state index in [2.05, 4.69) is 0 Å². The number of halogens is 1. The first kappa shape index (κ1) is 15.0. The number of carbonyl (C=O) groups is 2. The fourth-order valence-electron chi connectivity index (χ4n) is 3.19. The number of fused-ring (bicyclic) bond motifs is 1. The van der Waals surface area contributed by atoms with Crippen LogP contribution < -0.4 is 0 Å². The molecule has 2 aliphatic rings. The maximum Gasteiger partial charge on any atom is 0.229 e. The molecule has 4 rings (SSSR count). The minimum absolute atomic E-state index is 0.0722. The van der Waals surface area contributed by atoms with Crippen LogP contribution >= 0.6 is 0 Å². The summed E-state index contributed by atoms with van der Waals surface area (Å²) in [7, 11) is 0. The van der Waals surface area contributed by atoms with Crippen LogP contribution in [0.15, 0.2) is 71.7 Å². The lowest BCUT2D eigenvalue weighted by Gasteiger charge is -2.29. The molecule has 1 heterocycles. The summed E-state index contributed by atoms with van der Waals surface area (Å²) in [6.45, 7) is 0. The Kier molecular flexibility index (Phi) is 3.33. The third-order valence-corrected chi connectivity index (χ3v) is 4.35. The van der Waals surface area contributed by atoms with Crippen molar-refractivity contribution in [2.45, 2.75) is 5.92 Å². The zero-order valence-electron chi connectivity index (χ0n) is 12.8. The second kappa shape index (κ2) is 5.53. The van der Waals surface area contributed by atoms with E-state index in [1.165, 1.54) is 30.5 Å². The summed E-state index contributed by atoms with van der Waals surface area (Å²) in [5, 5.41) is 9.42.